The van der Waals surface area contributed by atoms with Crippen molar-refractivity contribution in [2.24, 2.45) is 0 Å². The van der Waals surface area contributed by atoms with Crippen LogP contribution in [-0.2, 0) is 12.8 Å². The second-order valence-electron chi connectivity index (χ2n) is 8.29. The number of ketones is 1. The molecule has 0 aliphatic heterocycles. The third-order valence-electron chi connectivity index (χ3n) is 6.25. The molecule has 1 saturated carbocycles. The minimum atomic E-state index is 0.110. The molecule has 4 rings (SSSR count). The van der Waals surface area contributed by atoms with Crippen LogP contribution in [-0.4, -0.2) is 22.8 Å². The minimum Gasteiger partial charge on any atom is -0.314 e. The summed E-state index contributed by atoms with van der Waals surface area (Å²) in [5.41, 5.74) is 5.07. The van der Waals surface area contributed by atoms with Crippen molar-refractivity contribution in [3.05, 3.63) is 77.1 Å². The summed E-state index contributed by atoms with van der Waals surface area (Å²) in [5, 5.41) is 3.71. The Hall–Kier alpha value is -2.39. The third-order valence-corrected chi connectivity index (χ3v) is 6.25. The number of fused-ring (bicyclic) bond motifs is 1. The van der Waals surface area contributed by atoms with Crippen LogP contribution in [0, 0.1) is 0 Å². The molecular weight excluding hydrogens is 356 g/mol. The van der Waals surface area contributed by atoms with Crippen molar-refractivity contribution < 1.29 is 4.79 Å². The van der Waals surface area contributed by atoms with Gasteiger partial charge in [0.1, 0.15) is 0 Å². The molecule has 0 saturated heterocycles. The van der Waals surface area contributed by atoms with E-state index in [0.717, 1.165) is 54.2 Å². The fourth-order valence-corrected chi connectivity index (χ4v) is 4.57. The van der Waals surface area contributed by atoms with E-state index in [2.05, 4.69) is 36.5 Å². The number of hydrogen-bond donors (Lipinski definition) is 1. The fourth-order valence-electron chi connectivity index (χ4n) is 4.57. The fraction of sp³-hybridized carbons (Fsp3) is 0.423. The molecule has 1 aliphatic carbocycles. The van der Waals surface area contributed by atoms with Gasteiger partial charge in [0.25, 0.3) is 0 Å². The van der Waals surface area contributed by atoms with Gasteiger partial charge in [-0.1, -0.05) is 56.5 Å². The molecular formula is C26H32N2O. The maximum absolute atomic E-state index is 13.2. The van der Waals surface area contributed by atoms with Crippen LogP contribution in [0.2, 0.25) is 0 Å². The molecule has 0 unspecified atom stereocenters. The second kappa shape index (κ2) is 9.41. The average molecular weight is 389 g/mol. The summed E-state index contributed by atoms with van der Waals surface area (Å²) in [7, 11) is 0. The van der Waals surface area contributed by atoms with Gasteiger partial charge in [0.15, 0.2) is 0 Å². The van der Waals surface area contributed by atoms with Crippen LogP contribution in [0.4, 0.5) is 0 Å². The van der Waals surface area contributed by atoms with Crippen LogP contribution in [0.15, 0.2) is 54.7 Å². The van der Waals surface area contributed by atoms with Gasteiger partial charge < -0.3 is 9.72 Å². The highest BCUT2D eigenvalue weighted by Gasteiger charge is 2.18. The van der Waals surface area contributed by atoms with Crippen LogP contribution in [0.25, 0.3) is 5.52 Å². The summed E-state index contributed by atoms with van der Waals surface area (Å²) in [4.78, 5) is 13.2. The summed E-state index contributed by atoms with van der Waals surface area (Å²) < 4.78 is 2.02. The number of benzene rings is 1. The average Bonchev–Trinajstić information content (AvgIpc) is 3.16. The quantitative estimate of drug-likeness (QED) is 0.403. The van der Waals surface area contributed by atoms with Gasteiger partial charge in [-0.05, 0) is 68.0 Å². The standard InChI is InChI=1S/C26H32N2O/c1-2-21-19-24-12-6-7-18-28(24)25(21)26(29)22-15-13-20(14-16-22)9-8-17-27-23-10-4-3-5-11-23/h6-7,12-16,18-19,23,27H,2-5,8-11,17H2,1H3. The van der Waals surface area contributed by atoms with E-state index in [1.165, 1.54) is 37.7 Å². The number of carbonyl (C=O) groups is 1. The molecule has 0 radical (unpaired) electrons. The zero-order valence-corrected chi connectivity index (χ0v) is 17.5. The van der Waals surface area contributed by atoms with E-state index in [4.69, 9.17) is 0 Å². The lowest BCUT2D eigenvalue weighted by molar-refractivity contribution is 0.103. The Balaban J connectivity index is 1.38. The zero-order valence-electron chi connectivity index (χ0n) is 17.5. The van der Waals surface area contributed by atoms with Gasteiger partial charge in [0.05, 0.1) is 5.69 Å². The van der Waals surface area contributed by atoms with E-state index >= 15 is 0 Å². The first kappa shape index (κ1) is 19.9. The molecule has 2 heterocycles. The topological polar surface area (TPSA) is 33.5 Å². The van der Waals surface area contributed by atoms with Gasteiger partial charge >= 0.3 is 0 Å². The molecule has 0 atom stereocenters. The minimum absolute atomic E-state index is 0.110. The number of aryl methyl sites for hydroxylation is 2. The van der Waals surface area contributed by atoms with Crippen LogP contribution in [0.5, 0.6) is 0 Å². The molecule has 152 valence electrons. The van der Waals surface area contributed by atoms with E-state index in [0.29, 0.717) is 0 Å². The number of carbonyl (C=O) groups excluding carboxylic acids is 1. The van der Waals surface area contributed by atoms with Gasteiger partial charge in [-0.15, -0.1) is 0 Å². The number of nitrogens with zero attached hydrogens (tertiary/aromatic N) is 1. The second-order valence-corrected chi connectivity index (χ2v) is 8.29. The van der Waals surface area contributed by atoms with E-state index < -0.39 is 0 Å². The largest absolute Gasteiger partial charge is 0.314 e. The molecule has 29 heavy (non-hydrogen) atoms. The Morgan fingerprint density at radius 3 is 2.62 bits per heavy atom. The van der Waals surface area contributed by atoms with Gasteiger partial charge in [-0.3, -0.25) is 4.79 Å². The first-order valence-electron chi connectivity index (χ1n) is 11.2. The van der Waals surface area contributed by atoms with Crippen molar-refractivity contribution in [3.8, 4) is 0 Å². The van der Waals surface area contributed by atoms with E-state index in [1.807, 2.05) is 34.9 Å². The van der Waals surface area contributed by atoms with E-state index in [1.54, 1.807) is 0 Å². The molecule has 1 aromatic carbocycles. The summed E-state index contributed by atoms with van der Waals surface area (Å²) in [6.07, 6.45) is 11.9. The van der Waals surface area contributed by atoms with Crippen molar-refractivity contribution in [1.29, 1.82) is 0 Å². The van der Waals surface area contributed by atoms with Crippen molar-refractivity contribution in [3.63, 3.8) is 0 Å². The van der Waals surface area contributed by atoms with E-state index in [-0.39, 0.29) is 5.78 Å². The first-order chi connectivity index (χ1) is 14.3. The SMILES string of the molecule is CCc1cc2ccccn2c1C(=O)c1ccc(CCCNC2CCCCC2)cc1. The number of pyridine rings is 1. The van der Waals surface area contributed by atoms with Gasteiger partial charge in [0.2, 0.25) is 5.78 Å². The lowest BCUT2D eigenvalue weighted by Crippen LogP contribution is -2.31. The van der Waals surface area contributed by atoms with Crippen molar-refractivity contribution in [2.75, 3.05) is 6.54 Å². The van der Waals surface area contributed by atoms with Crippen molar-refractivity contribution in [2.45, 2.75) is 64.3 Å². The first-order valence-corrected chi connectivity index (χ1v) is 11.2. The molecule has 3 aromatic rings. The number of hydrogen-bond acceptors (Lipinski definition) is 2. The third kappa shape index (κ3) is 4.62. The summed E-state index contributed by atoms with van der Waals surface area (Å²) in [5.74, 6) is 0.110. The molecule has 1 N–H and O–H groups in total. The van der Waals surface area contributed by atoms with Crippen molar-refractivity contribution in [1.82, 2.24) is 9.72 Å². The molecule has 1 aliphatic rings. The summed E-state index contributed by atoms with van der Waals surface area (Å²) in [6, 6.07) is 17.1. The van der Waals surface area contributed by atoms with Crippen LogP contribution < -0.4 is 5.32 Å². The Labute approximate surface area is 174 Å². The van der Waals surface area contributed by atoms with Crippen LogP contribution in [0.3, 0.4) is 0 Å². The monoisotopic (exact) mass is 388 g/mol. The zero-order chi connectivity index (χ0) is 20.1. The smallest absolute Gasteiger partial charge is 0.210 e. The Morgan fingerprint density at radius 1 is 1.07 bits per heavy atom. The number of nitrogens with one attached hydrogen (secondary N) is 1. The summed E-state index contributed by atoms with van der Waals surface area (Å²) in [6.45, 7) is 3.19. The Bertz CT molecular complexity index is 949. The van der Waals surface area contributed by atoms with Crippen LogP contribution >= 0.6 is 0 Å². The Morgan fingerprint density at radius 2 is 1.86 bits per heavy atom. The molecule has 3 heteroatoms. The molecule has 3 nitrogen and oxygen atoms in total. The maximum Gasteiger partial charge on any atom is 0.210 e. The predicted octanol–water partition coefficient (Wildman–Crippen LogP) is 5.59. The van der Waals surface area contributed by atoms with Gasteiger partial charge in [0, 0.05) is 23.3 Å². The highest BCUT2D eigenvalue weighted by molar-refractivity contribution is 6.09. The normalized spacial score (nSPS) is 15.1. The molecule has 0 bridgehead atoms. The van der Waals surface area contributed by atoms with Crippen LogP contribution in [0.1, 0.15) is 72.6 Å². The number of aromatic nitrogens is 1. The highest BCUT2D eigenvalue weighted by atomic mass is 16.1. The van der Waals surface area contributed by atoms with Gasteiger partial charge in [-0.25, -0.2) is 0 Å². The maximum atomic E-state index is 13.2. The molecule has 2 aromatic heterocycles. The molecule has 0 spiro atoms. The lowest BCUT2D eigenvalue weighted by atomic mass is 9.95. The molecule has 1 fully saturated rings. The lowest BCUT2D eigenvalue weighted by Gasteiger charge is -2.22. The predicted molar refractivity (Wildman–Crippen MR) is 120 cm³/mol. The highest BCUT2D eigenvalue weighted by Crippen LogP contribution is 2.21. The van der Waals surface area contributed by atoms with E-state index in [9.17, 15) is 4.79 Å². The van der Waals surface area contributed by atoms with Gasteiger partial charge in [-0.2, -0.15) is 0 Å². The van der Waals surface area contributed by atoms with Crippen molar-refractivity contribution >= 4 is 11.3 Å². The Kier molecular flexibility index (Phi) is 6.46. The summed E-state index contributed by atoms with van der Waals surface area (Å²) >= 11 is 0. The number of rotatable bonds is 8. The molecule has 0 amide bonds.